The average Bonchev–Trinajstić information content (AvgIpc) is 2.90. The number of aliphatic imine (C=N–C) groups is 1. The maximum atomic E-state index is 4.81. The first kappa shape index (κ1) is 10.6. The Balaban J connectivity index is 1.87. The molecule has 0 saturated carbocycles. The van der Waals surface area contributed by atoms with Gasteiger partial charge in [0.1, 0.15) is 5.37 Å². The molecule has 2 aromatic rings. The Bertz CT molecular complexity index is 519. The number of rotatable bonds is 2. The predicted octanol–water partition coefficient (Wildman–Crippen LogP) is 3.92. The molecule has 2 heteroatoms. The van der Waals surface area contributed by atoms with Crippen LogP contribution in [-0.4, -0.2) is 11.5 Å². The molecule has 0 bridgehead atoms. The van der Waals surface area contributed by atoms with Crippen molar-refractivity contribution in [3.05, 3.63) is 71.8 Å². The highest BCUT2D eigenvalue weighted by atomic mass is 32.2. The number of benzene rings is 2. The van der Waals surface area contributed by atoms with E-state index in [9.17, 15) is 0 Å². The van der Waals surface area contributed by atoms with Gasteiger partial charge in [-0.15, -0.1) is 11.8 Å². The molecule has 0 amide bonds. The highest BCUT2D eigenvalue weighted by Crippen LogP contribution is 2.36. The standard InChI is InChI=1S/C15H13NS/c1-3-7-12(8-4-1)14-11-17-15(16-14)13-9-5-2-6-10-13/h1-10,15H,11H2. The first-order valence-corrected chi connectivity index (χ1v) is 6.77. The fourth-order valence-corrected chi connectivity index (χ4v) is 3.06. The summed E-state index contributed by atoms with van der Waals surface area (Å²) in [5, 5.41) is 0.270. The minimum Gasteiger partial charge on any atom is -0.269 e. The van der Waals surface area contributed by atoms with Crippen molar-refractivity contribution in [2.45, 2.75) is 5.37 Å². The molecule has 0 aromatic heterocycles. The fourth-order valence-electron chi connectivity index (χ4n) is 1.95. The Morgan fingerprint density at radius 2 is 1.53 bits per heavy atom. The monoisotopic (exact) mass is 239 g/mol. The summed E-state index contributed by atoms with van der Waals surface area (Å²) in [6, 6.07) is 20.9. The van der Waals surface area contributed by atoms with Crippen LogP contribution in [0.15, 0.2) is 65.7 Å². The van der Waals surface area contributed by atoms with Gasteiger partial charge in [0.2, 0.25) is 0 Å². The molecule has 0 radical (unpaired) electrons. The SMILES string of the molecule is c1ccc(C2=NC(c3ccccc3)SC2)cc1. The molecule has 1 atom stereocenters. The van der Waals surface area contributed by atoms with Crippen LogP contribution in [0.2, 0.25) is 0 Å². The summed E-state index contributed by atoms with van der Waals surface area (Å²) >= 11 is 1.89. The van der Waals surface area contributed by atoms with Gasteiger partial charge in [-0.2, -0.15) is 0 Å². The molecule has 17 heavy (non-hydrogen) atoms. The molecule has 0 saturated heterocycles. The lowest BCUT2D eigenvalue weighted by Crippen LogP contribution is -1.98. The molecule has 0 aliphatic carbocycles. The van der Waals surface area contributed by atoms with E-state index >= 15 is 0 Å². The molecule has 1 heterocycles. The quantitative estimate of drug-likeness (QED) is 0.773. The summed E-state index contributed by atoms with van der Waals surface area (Å²) in [5.41, 5.74) is 3.76. The lowest BCUT2D eigenvalue weighted by molar-refractivity contribution is 1.05. The summed E-state index contributed by atoms with van der Waals surface area (Å²) in [6.07, 6.45) is 0. The van der Waals surface area contributed by atoms with Crippen molar-refractivity contribution in [2.24, 2.45) is 4.99 Å². The zero-order chi connectivity index (χ0) is 11.5. The number of nitrogens with zero attached hydrogens (tertiary/aromatic N) is 1. The van der Waals surface area contributed by atoms with Crippen LogP contribution >= 0.6 is 11.8 Å². The zero-order valence-corrected chi connectivity index (χ0v) is 10.2. The normalized spacial score (nSPS) is 19.1. The summed E-state index contributed by atoms with van der Waals surface area (Å²) in [6.45, 7) is 0. The third-order valence-electron chi connectivity index (χ3n) is 2.84. The van der Waals surface area contributed by atoms with Crippen molar-refractivity contribution < 1.29 is 0 Å². The number of thioether (sulfide) groups is 1. The van der Waals surface area contributed by atoms with Crippen molar-refractivity contribution in [3.8, 4) is 0 Å². The van der Waals surface area contributed by atoms with Gasteiger partial charge in [-0.1, -0.05) is 60.7 Å². The lowest BCUT2D eigenvalue weighted by Gasteiger charge is -2.04. The molecule has 84 valence electrons. The predicted molar refractivity (Wildman–Crippen MR) is 74.6 cm³/mol. The molecular formula is C15H13NS. The van der Waals surface area contributed by atoms with Crippen LogP contribution in [0.5, 0.6) is 0 Å². The molecule has 1 nitrogen and oxygen atoms in total. The lowest BCUT2D eigenvalue weighted by atomic mass is 10.1. The zero-order valence-electron chi connectivity index (χ0n) is 9.41. The Kier molecular flexibility index (Phi) is 2.97. The first-order valence-electron chi connectivity index (χ1n) is 5.72. The Labute approximate surface area is 106 Å². The summed E-state index contributed by atoms with van der Waals surface area (Å²) in [5.74, 6) is 1.00. The van der Waals surface area contributed by atoms with Gasteiger partial charge in [-0.05, 0) is 11.1 Å². The Morgan fingerprint density at radius 3 is 2.24 bits per heavy atom. The average molecular weight is 239 g/mol. The molecule has 0 N–H and O–H groups in total. The molecule has 2 aromatic carbocycles. The van der Waals surface area contributed by atoms with Gasteiger partial charge >= 0.3 is 0 Å². The van der Waals surface area contributed by atoms with E-state index in [1.807, 2.05) is 23.9 Å². The van der Waals surface area contributed by atoms with E-state index in [0.29, 0.717) is 0 Å². The second kappa shape index (κ2) is 4.76. The molecule has 1 aliphatic heterocycles. The minimum atomic E-state index is 0.270. The van der Waals surface area contributed by atoms with Gasteiger partial charge in [-0.25, -0.2) is 0 Å². The third-order valence-corrected chi connectivity index (χ3v) is 3.98. The highest BCUT2D eigenvalue weighted by molar-refractivity contribution is 8.00. The van der Waals surface area contributed by atoms with Crippen LogP contribution in [0.4, 0.5) is 0 Å². The molecule has 1 aliphatic rings. The first-order chi connectivity index (χ1) is 8.43. The van der Waals surface area contributed by atoms with E-state index in [2.05, 4.69) is 48.5 Å². The van der Waals surface area contributed by atoms with Crippen LogP contribution in [0, 0.1) is 0 Å². The van der Waals surface area contributed by atoms with Crippen molar-refractivity contribution in [3.63, 3.8) is 0 Å². The third kappa shape index (κ3) is 2.27. The van der Waals surface area contributed by atoms with E-state index in [0.717, 1.165) is 5.75 Å². The van der Waals surface area contributed by atoms with Crippen LogP contribution in [0.25, 0.3) is 0 Å². The molecule has 3 rings (SSSR count). The number of hydrogen-bond acceptors (Lipinski definition) is 2. The smallest absolute Gasteiger partial charge is 0.121 e. The second-order valence-electron chi connectivity index (χ2n) is 4.02. The van der Waals surface area contributed by atoms with Crippen molar-refractivity contribution in [1.82, 2.24) is 0 Å². The van der Waals surface area contributed by atoms with Crippen molar-refractivity contribution in [1.29, 1.82) is 0 Å². The van der Waals surface area contributed by atoms with E-state index in [4.69, 9.17) is 4.99 Å². The van der Waals surface area contributed by atoms with E-state index in [1.165, 1.54) is 16.8 Å². The maximum absolute atomic E-state index is 4.81. The fraction of sp³-hybridized carbons (Fsp3) is 0.133. The van der Waals surface area contributed by atoms with Crippen LogP contribution in [0.3, 0.4) is 0 Å². The second-order valence-corrected chi connectivity index (χ2v) is 5.08. The van der Waals surface area contributed by atoms with Crippen LogP contribution < -0.4 is 0 Å². The molecule has 0 fully saturated rings. The molecule has 0 spiro atoms. The van der Waals surface area contributed by atoms with Gasteiger partial charge in [-0.3, -0.25) is 4.99 Å². The van der Waals surface area contributed by atoms with Crippen molar-refractivity contribution in [2.75, 3.05) is 5.75 Å². The van der Waals surface area contributed by atoms with E-state index in [-0.39, 0.29) is 5.37 Å². The van der Waals surface area contributed by atoms with Gasteiger partial charge in [0.25, 0.3) is 0 Å². The van der Waals surface area contributed by atoms with E-state index in [1.54, 1.807) is 0 Å². The summed E-state index contributed by atoms with van der Waals surface area (Å²) in [4.78, 5) is 4.81. The molecular weight excluding hydrogens is 226 g/mol. The van der Waals surface area contributed by atoms with Crippen molar-refractivity contribution >= 4 is 17.5 Å². The Morgan fingerprint density at radius 1 is 0.882 bits per heavy atom. The minimum absolute atomic E-state index is 0.270. The largest absolute Gasteiger partial charge is 0.269 e. The molecule has 1 unspecified atom stereocenters. The van der Waals surface area contributed by atoms with Gasteiger partial charge in [0, 0.05) is 5.75 Å². The van der Waals surface area contributed by atoms with E-state index < -0.39 is 0 Å². The van der Waals surface area contributed by atoms with Crippen LogP contribution in [0.1, 0.15) is 16.5 Å². The topological polar surface area (TPSA) is 12.4 Å². The summed E-state index contributed by atoms with van der Waals surface area (Å²) in [7, 11) is 0. The van der Waals surface area contributed by atoms with Gasteiger partial charge < -0.3 is 0 Å². The summed E-state index contributed by atoms with van der Waals surface area (Å²) < 4.78 is 0. The van der Waals surface area contributed by atoms with Gasteiger partial charge in [0.05, 0.1) is 5.71 Å². The van der Waals surface area contributed by atoms with Gasteiger partial charge in [0.15, 0.2) is 0 Å². The van der Waals surface area contributed by atoms with Crippen LogP contribution in [-0.2, 0) is 0 Å². The maximum Gasteiger partial charge on any atom is 0.121 e. The number of hydrogen-bond donors (Lipinski definition) is 0. The highest BCUT2D eigenvalue weighted by Gasteiger charge is 2.19. The Hall–Kier alpha value is -1.54.